The Hall–Kier alpha value is -2.88. The summed E-state index contributed by atoms with van der Waals surface area (Å²) in [7, 11) is 1.43. The van der Waals surface area contributed by atoms with E-state index in [0.29, 0.717) is 10.8 Å². The first kappa shape index (κ1) is 18.5. The Morgan fingerprint density at radius 2 is 2.04 bits per heavy atom. The molecule has 1 heterocycles. The molecule has 3 N–H and O–H groups in total. The van der Waals surface area contributed by atoms with E-state index in [2.05, 4.69) is 26.1 Å². The molecule has 0 aliphatic rings. The third-order valence-electron chi connectivity index (χ3n) is 3.08. The lowest BCUT2D eigenvalue weighted by molar-refractivity contribution is -0.119. The molecule has 25 heavy (non-hydrogen) atoms. The Bertz CT molecular complexity index is 791. The summed E-state index contributed by atoms with van der Waals surface area (Å²) in [5.41, 5.74) is 1.37. The van der Waals surface area contributed by atoms with Gasteiger partial charge in [-0.05, 0) is 25.1 Å². The van der Waals surface area contributed by atoms with Crippen LogP contribution in [0.1, 0.15) is 13.8 Å². The lowest BCUT2D eigenvalue weighted by Gasteiger charge is -2.12. The molecule has 0 saturated carbocycles. The largest absolute Gasteiger partial charge is 0.341 e. The molecule has 0 fully saturated rings. The molecule has 132 valence electrons. The number of imide groups is 1. The Kier molecular flexibility index (Phi) is 6.12. The van der Waals surface area contributed by atoms with Gasteiger partial charge in [0.15, 0.2) is 5.16 Å². The number of hydrogen-bond acceptors (Lipinski definition) is 6. The number of rotatable bonds is 5. The third-order valence-corrected chi connectivity index (χ3v) is 4.13. The average Bonchev–Trinajstić information content (AvgIpc) is 3.02. The summed E-state index contributed by atoms with van der Waals surface area (Å²) < 4.78 is 1.69. The van der Waals surface area contributed by atoms with Crippen molar-refractivity contribution < 1.29 is 14.4 Å². The summed E-state index contributed by atoms with van der Waals surface area (Å²) in [4.78, 5) is 34.4. The molecule has 0 aliphatic carbocycles. The molecule has 2 aromatic rings. The van der Waals surface area contributed by atoms with Gasteiger partial charge in [0.1, 0.15) is 6.33 Å². The van der Waals surface area contributed by atoms with Crippen LogP contribution in [0.4, 0.5) is 10.5 Å². The van der Waals surface area contributed by atoms with E-state index in [1.54, 1.807) is 29.7 Å². The zero-order valence-corrected chi connectivity index (χ0v) is 14.8. The van der Waals surface area contributed by atoms with Crippen molar-refractivity contribution in [3.05, 3.63) is 30.6 Å². The van der Waals surface area contributed by atoms with Gasteiger partial charge in [0, 0.05) is 19.7 Å². The van der Waals surface area contributed by atoms with Crippen molar-refractivity contribution in [1.82, 2.24) is 25.4 Å². The highest BCUT2D eigenvalue weighted by molar-refractivity contribution is 8.00. The van der Waals surface area contributed by atoms with Crippen LogP contribution in [0.2, 0.25) is 0 Å². The summed E-state index contributed by atoms with van der Waals surface area (Å²) in [6.07, 6.45) is 1.51. The van der Waals surface area contributed by atoms with Crippen LogP contribution >= 0.6 is 11.8 Å². The van der Waals surface area contributed by atoms with Gasteiger partial charge in [0.05, 0.1) is 10.9 Å². The van der Waals surface area contributed by atoms with Crippen LogP contribution < -0.4 is 16.0 Å². The summed E-state index contributed by atoms with van der Waals surface area (Å²) >= 11 is 1.16. The zero-order valence-electron chi connectivity index (χ0n) is 13.9. The average molecular weight is 362 g/mol. The van der Waals surface area contributed by atoms with Crippen LogP contribution in [0, 0.1) is 0 Å². The zero-order chi connectivity index (χ0) is 18.4. The SMILES string of the molecule is CNC(=O)NC(=O)[C@@H](C)Sc1nncn1-c1cccc(NC(C)=O)c1. The molecular weight excluding hydrogens is 344 g/mol. The number of anilines is 1. The molecule has 1 atom stereocenters. The van der Waals surface area contributed by atoms with E-state index in [0.717, 1.165) is 17.4 Å². The van der Waals surface area contributed by atoms with Crippen molar-refractivity contribution in [3.8, 4) is 5.69 Å². The monoisotopic (exact) mass is 362 g/mol. The first-order chi connectivity index (χ1) is 11.9. The molecular formula is C15H18N6O3S. The van der Waals surface area contributed by atoms with Crippen LogP contribution in [-0.4, -0.2) is 44.9 Å². The van der Waals surface area contributed by atoms with Gasteiger partial charge in [-0.1, -0.05) is 17.8 Å². The number of urea groups is 1. The number of carbonyl (C=O) groups is 3. The van der Waals surface area contributed by atoms with Crippen molar-refractivity contribution in [1.29, 1.82) is 0 Å². The van der Waals surface area contributed by atoms with E-state index in [-0.39, 0.29) is 5.91 Å². The minimum absolute atomic E-state index is 0.171. The first-order valence-corrected chi connectivity index (χ1v) is 8.26. The fourth-order valence-corrected chi connectivity index (χ4v) is 2.75. The Labute approximate surface area is 148 Å². The van der Waals surface area contributed by atoms with Crippen LogP contribution in [0.5, 0.6) is 0 Å². The topological polar surface area (TPSA) is 118 Å². The molecule has 1 aromatic carbocycles. The second-order valence-electron chi connectivity index (χ2n) is 5.04. The molecule has 0 saturated heterocycles. The van der Waals surface area contributed by atoms with Gasteiger partial charge in [-0.15, -0.1) is 10.2 Å². The standard InChI is InChI=1S/C15H18N6O3S/c1-9(13(23)19-14(24)16-3)25-15-20-17-8-21(15)12-6-4-5-11(7-12)18-10(2)22/h4-9H,1-3H3,(H,18,22)(H2,16,19,23,24)/t9-/m1/s1. The molecule has 0 unspecified atom stereocenters. The molecule has 0 radical (unpaired) electrons. The maximum absolute atomic E-state index is 12.0. The van der Waals surface area contributed by atoms with Crippen LogP contribution in [0.15, 0.2) is 35.7 Å². The quantitative estimate of drug-likeness (QED) is 0.687. The second-order valence-corrected chi connectivity index (χ2v) is 6.35. The highest BCUT2D eigenvalue weighted by Gasteiger charge is 2.20. The van der Waals surface area contributed by atoms with Crippen molar-refractivity contribution in [2.75, 3.05) is 12.4 Å². The van der Waals surface area contributed by atoms with E-state index in [1.165, 1.54) is 20.3 Å². The number of carbonyl (C=O) groups excluding carboxylic acids is 3. The number of hydrogen-bond donors (Lipinski definition) is 3. The highest BCUT2D eigenvalue weighted by Crippen LogP contribution is 2.25. The molecule has 0 aliphatic heterocycles. The van der Waals surface area contributed by atoms with Gasteiger partial charge in [-0.2, -0.15) is 0 Å². The summed E-state index contributed by atoms with van der Waals surface area (Å²) in [6, 6.07) is 6.58. The Morgan fingerprint density at radius 3 is 2.72 bits per heavy atom. The number of nitrogens with one attached hydrogen (secondary N) is 3. The van der Waals surface area contributed by atoms with Crippen molar-refractivity contribution in [2.45, 2.75) is 24.3 Å². The molecule has 4 amide bonds. The highest BCUT2D eigenvalue weighted by atomic mass is 32.2. The second kappa shape index (κ2) is 8.29. The molecule has 9 nitrogen and oxygen atoms in total. The van der Waals surface area contributed by atoms with E-state index < -0.39 is 17.2 Å². The fraction of sp³-hybridized carbons (Fsp3) is 0.267. The van der Waals surface area contributed by atoms with Gasteiger partial charge < -0.3 is 10.6 Å². The minimum atomic E-state index is -0.568. The summed E-state index contributed by atoms with van der Waals surface area (Å²) in [5.74, 6) is -0.610. The van der Waals surface area contributed by atoms with Gasteiger partial charge in [0.2, 0.25) is 11.8 Å². The predicted octanol–water partition coefficient (Wildman–Crippen LogP) is 1.16. The molecule has 0 spiro atoms. The van der Waals surface area contributed by atoms with Gasteiger partial charge in [-0.3, -0.25) is 19.5 Å². The molecule has 10 heteroatoms. The normalized spacial score (nSPS) is 11.5. The summed E-state index contributed by atoms with van der Waals surface area (Å²) in [6.45, 7) is 3.09. The fourth-order valence-electron chi connectivity index (χ4n) is 1.91. The lowest BCUT2D eigenvalue weighted by Crippen LogP contribution is -2.41. The van der Waals surface area contributed by atoms with E-state index in [4.69, 9.17) is 0 Å². The van der Waals surface area contributed by atoms with E-state index >= 15 is 0 Å². The summed E-state index contributed by atoms with van der Waals surface area (Å²) in [5, 5.41) is 15.1. The van der Waals surface area contributed by atoms with Crippen molar-refractivity contribution in [3.63, 3.8) is 0 Å². The number of nitrogens with zero attached hydrogens (tertiary/aromatic N) is 3. The maximum atomic E-state index is 12.0. The number of benzene rings is 1. The minimum Gasteiger partial charge on any atom is -0.341 e. The smallest absolute Gasteiger partial charge is 0.321 e. The van der Waals surface area contributed by atoms with Crippen LogP contribution in [-0.2, 0) is 9.59 Å². The van der Waals surface area contributed by atoms with Gasteiger partial charge in [0.25, 0.3) is 0 Å². The lowest BCUT2D eigenvalue weighted by atomic mass is 10.2. The number of thioether (sulfide) groups is 1. The molecule has 0 bridgehead atoms. The Morgan fingerprint density at radius 1 is 1.28 bits per heavy atom. The van der Waals surface area contributed by atoms with Gasteiger partial charge >= 0.3 is 6.03 Å². The van der Waals surface area contributed by atoms with Crippen molar-refractivity contribution in [2.24, 2.45) is 0 Å². The third kappa shape index (κ3) is 5.05. The Balaban J connectivity index is 2.16. The van der Waals surface area contributed by atoms with Crippen LogP contribution in [0.3, 0.4) is 0 Å². The van der Waals surface area contributed by atoms with Crippen LogP contribution in [0.25, 0.3) is 5.69 Å². The number of amides is 4. The van der Waals surface area contributed by atoms with Crippen molar-refractivity contribution >= 4 is 35.3 Å². The predicted molar refractivity (Wildman–Crippen MR) is 93.6 cm³/mol. The maximum Gasteiger partial charge on any atom is 0.321 e. The van der Waals surface area contributed by atoms with Gasteiger partial charge in [-0.25, -0.2) is 4.79 Å². The molecule has 2 rings (SSSR count). The molecule has 1 aromatic heterocycles. The first-order valence-electron chi connectivity index (χ1n) is 7.38. The van der Waals surface area contributed by atoms with E-state index in [1.807, 2.05) is 6.07 Å². The van der Waals surface area contributed by atoms with E-state index in [9.17, 15) is 14.4 Å². The number of aromatic nitrogens is 3.